The molecule has 2 aromatic carbocycles. The summed E-state index contributed by atoms with van der Waals surface area (Å²) in [4.78, 5) is 22.8. The van der Waals surface area contributed by atoms with Crippen LogP contribution in [0.2, 0.25) is 0 Å². The van der Waals surface area contributed by atoms with E-state index < -0.39 is 11.0 Å². The molecule has 0 saturated carbocycles. The van der Waals surface area contributed by atoms with Crippen molar-refractivity contribution in [2.45, 2.75) is 6.92 Å². The van der Waals surface area contributed by atoms with E-state index in [1.807, 2.05) is 0 Å². The molecule has 0 saturated heterocycles. The van der Waals surface area contributed by atoms with E-state index in [4.69, 9.17) is 0 Å². The Bertz CT molecular complexity index is 655. The van der Waals surface area contributed by atoms with Crippen molar-refractivity contribution in [1.29, 1.82) is 0 Å². The van der Waals surface area contributed by atoms with Gasteiger partial charge in [0, 0.05) is 12.1 Å². The van der Waals surface area contributed by atoms with Crippen molar-refractivity contribution < 1.29 is 14.8 Å². The fourth-order valence-corrected chi connectivity index (χ4v) is 1.88. The van der Waals surface area contributed by atoms with Gasteiger partial charge in [-0.05, 0) is 24.6 Å². The zero-order valence-electron chi connectivity index (χ0n) is 10.7. The summed E-state index contributed by atoms with van der Waals surface area (Å²) in [6, 6.07) is 12.6. The summed E-state index contributed by atoms with van der Waals surface area (Å²) in [7, 11) is 0. The highest BCUT2D eigenvalue weighted by molar-refractivity contribution is 5.96. The highest BCUT2D eigenvalue weighted by atomic mass is 16.6. The molecule has 0 spiro atoms. The average molecular weight is 272 g/mol. The van der Waals surface area contributed by atoms with E-state index in [2.05, 4.69) is 0 Å². The SMILES string of the molecule is Cc1ccc([N+](=O)[O-])cc1N(C(=O)O)c1ccccc1. The monoisotopic (exact) mass is 272 g/mol. The van der Waals surface area contributed by atoms with Crippen molar-refractivity contribution >= 4 is 23.2 Å². The number of benzene rings is 2. The lowest BCUT2D eigenvalue weighted by atomic mass is 10.1. The Morgan fingerprint density at radius 2 is 1.85 bits per heavy atom. The number of non-ortho nitro benzene ring substituents is 1. The maximum absolute atomic E-state index is 11.5. The fourth-order valence-electron chi connectivity index (χ4n) is 1.88. The average Bonchev–Trinajstić information content (AvgIpc) is 2.41. The number of nitro groups is 1. The lowest BCUT2D eigenvalue weighted by Gasteiger charge is -2.21. The minimum absolute atomic E-state index is 0.146. The number of rotatable bonds is 3. The normalized spacial score (nSPS) is 10.1. The molecule has 0 aliphatic rings. The maximum atomic E-state index is 11.5. The van der Waals surface area contributed by atoms with Crippen molar-refractivity contribution in [2.24, 2.45) is 0 Å². The molecular weight excluding hydrogens is 260 g/mol. The fraction of sp³-hybridized carbons (Fsp3) is 0.0714. The molecular formula is C14H12N2O4. The van der Waals surface area contributed by atoms with E-state index in [0.717, 1.165) is 4.90 Å². The van der Waals surface area contributed by atoms with Crippen LogP contribution in [0, 0.1) is 17.0 Å². The standard InChI is InChI=1S/C14H12N2O4/c1-10-7-8-12(16(19)20)9-13(10)15(14(17)18)11-5-3-2-4-6-11/h2-9H,1H3,(H,17,18). The van der Waals surface area contributed by atoms with Crippen LogP contribution in [-0.2, 0) is 0 Å². The molecule has 0 bridgehead atoms. The van der Waals surface area contributed by atoms with Gasteiger partial charge in [0.2, 0.25) is 0 Å². The molecule has 2 aromatic rings. The molecule has 1 amide bonds. The van der Waals surface area contributed by atoms with E-state index in [1.54, 1.807) is 37.3 Å². The third-order valence-electron chi connectivity index (χ3n) is 2.85. The Morgan fingerprint density at radius 1 is 1.20 bits per heavy atom. The van der Waals surface area contributed by atoms with Gasteiger partial charge < -0.3 is 5.11 Å². The zero-order chi connectivity index (χ0) is 14.7. The highest BCUT2D eigenvalue weighted by Gasteiger charge is 2.21. The van der Waals surface area contributed by atoms with Crippen molar-refractivity contribution in [2.75, 3.05) is 4.90 Å². The van der Waals surface area contributed by atoms with Crippen LogP contribution in [0.5, 0.6) is 0 Å². The van der Waals surface area contributed by atoms with E-state index in [9.17, 15) is 20.0 Å². The molecule has 2 rings (SSSR count). The van der Waals surface area contributed by atoms with Crippen LogP contribution in [-0.4, -0.2) is 16.1 Å². The van der Waals surface area contributed by atoms with Crippen LogP contribution in [0.1, 0.15) is 5.56 Å². The number of carboxylic acid groups (broad SMARTS) is 1. The van der Waals surface area contributed by atoms with Gasteiger partial charge in [-0.3, -0.25) is 10.1 Å². The van der Waals surface area contributed by atoms with Gasteiger partial charge >= 0.3 is 6.09 Å². The third kappa shape index (κ3) is 2.59. The molecule has 1 N–H and O–H groups in total. The number of hydrogen-bond acceptors (Lipinski definition) is 3. The number of para-hydroxylation sites is 1. The second kappa shape index (κ2) is 5.40. The molecule has 6 nitrogen and oxygen atoms in total. The first-order valence-corrected chi connectivity index (χ1v) is 5.84. The molecule has 0 heterocycles. The van der Waals surface area contributed by atoms with Crippen LogP contribution >= 0.6 is 0 Å². The quantitative estimate of drug-likeness (QED) is 0.681. The predicted molar refractivity (Wildman–Crippen MR) is 74.4 cm³/mol. The van der Waals surface area contributed by atoms with Crippen LogP contribution in [0.3, 0.4) is 0 Å². The smallest absolute Gasteiger partial charge is 0.416 e. The van der Waals surface area contributed by atoms with E-state index in [0.29, 0.717) is 11.3 Å². The summed E-state index contributed by atoms with van der Waals surface area (Å²) >= 11 is 0. The molecule has 0 aromatic heterocycles. The number of carbonyl (C=O) groups is 1. The minimum atomic E-state index is -1.19. The van der Waals surface area contributed by atoms with Gasteiger partial charge in [0.05, 0.1) is 16.3 Å². The second-order valence-electron chi connectivity index (χ2n) is 4.18. The first-order valence-electron chi connectivity index (χ1n) is 5.84. The first-order chi connectivity index (χ1) is 9.50. The van der Waals surface area contributed by atoms with Crippen molar-refractivity contribution in [3.8, 4) is 0 Å². The summed E-state index contributed by atoms with van der Waals surface area (Å²) in [6.07, 6.45) is -1.19. The minimum Gasteiger partial charge on any atom is -0.464 e. The van der Waals surface area contributed by atoms with Crippen molar-refractivity contribution in [3.63, 3.8) is 0 Å². The number of nitro benzene ring substituents is 1. The summed E-state index contributed by atoms with van der Waals surface area (Å²) in [5.74, 6) is 0. The number of hydrogen-bond donors (Lipinski definition) is 1. The van der Waals surface area contributed by atoms with Gasteiger partial charge in [-0.25, -0.2) is 9.69 Å². The Labute approximate surface area is 115 Å². The highest BCUT2D eigenvalue weighted by Crippen LogP contribution is 2.31. The molecule has 0 atom stereocenters. The summed E-state index contributed by atoms with van der Waals surface area (Å²) in [5, 5.41) is 20.2. The van der Waals surface area contributed by atoms with Crippen LogP contribution in [0.15, 0.2) is 48.5 Å². The summed E-state index contributed by atoms with van der Waals surface area (Å²) < 4.78 is 0. The van der Waals surface area contributed by atoms with Gasteiger partial charge in [-0.2, -0.15) is 0 Å². The molecule has 0 radical (unpaired) electrons. The van der Waals surface area contributed by atoms with Gasteiger partial charge in [-0.1, -0.05) is 24.3 Å². The zero-order valence-corrected chi connectivity index (χ0v) is 10.7. The summed E-state index contributed by atoms with van der Waals surface area (Å²) in [5.41, 5.74) is 1.20. The molecule has 20 heavy (non-hydrogen) atoms. The topological polar surface area (TPSA) is 83.7 Å². The van der Waals surface area contributed by atoms with Gasteiger partial charge in [0.1, 0.15) is 0 Å². The Hall–Kier alpha value is -2.89. The van der Waals surface area contributed by atoms with Gasteiger partial charge in [-0.15, -0.1) is 0 Å². The molecule has 102 valence electrons. The lowest BCUT2D eigenvalue weighted by Crippen LogP contribution is -2.24. The predicted octanol–water partition coefficient (Wildman–Crippen LogP) is 3.72. The third-order valence-corrected chi connectivity index (χ3v) is 2.85. The van der Waals surface area contributed by atoms with E-state index >= 15 is 0 Å². The Kier molecular flexibility index (Phi) is 3.65. The Morgan fingerprint density at radius 3 is 2.40 bits per heavy atom. The second-order valence-corrected chi connectivity index (χ2v) is 4.18. The first kappa shape index (κ1) is 13.5. The van der Waals surface area contributed by atoms with E-state index in [-0.39, 0.29) is 11.4 Å². The van der Waals surface area contributed by atoms with Crippen molar-refractivity contribution in [3.05, 3.63) is 64.2 Å². The maximum Gasteiger partial charge on any atom is 0.416 e. The van der Waals surface area contributed by atoms with Crippen molar-refractivity contribution in [1.82, 2.24) is 0 Å². The number of amides is 1. The lowest BCUT2D eigenvalue weighted by molar-refractivity contribution is -0.384. The molecule has 6 heteroatoms. The summed E-state index contributed by atoms with van der Waals surface area (Å²) in [6.45, 7) is 1.71. The molecule has 0 unspecified atom stereocenters. The molecule has 0 aliphatic carbocycles. The van der Waals surface area contributed by atoms with E-state index in [1.165, 1.54) is 18.2 Å². The van der Waals surface area contributed by atoms with Crippen LogP contribution in [0.25, 0.3) is 0 Å². The largest absolute Gasteiger partial charge is 0.464 e. The van der Waals surface area contributed by atoms with Gasteiger partial charge in [0.25, 0.3) is 5.69 Å². The van der Waals surface area contributed by atoms with Crippen LogP contribution in [0.4, 0.5) is 21.9 Å². The number of aryl methyl sites for hydroxylation is 1. The number of nitrogens with zero attached hydrogens (tertiary/aromatic N) is 2. The Balaban J connectivity index is 2.58. The molecule has 0 aliphatic heterocycles. The van der Waals surface area contributed by atoms with Gasteiger partial charge in [0.15, 0.2) is 0 Å². The van der Waals surface area contributed by atoms with Crippen LogP contribution < -0.4 is 4.90 Å². The molecule has 0 fully saturated rings. The number of anilines is 2.